The molecule has 0 amide bonds. The van der Waals surface area contributed by atoms with E-state index in [0.29, 0.717) is 38.8 Å². The number of benzene rings is 3. The molecule has 16 heteroatoms. The lowest BCUT2D eigenvalue weighted by Crippen LogP contribution is -2.36. The number of methoxy groups -OCH3 is 3. The van der Waals surface area contributed by atoms with Gasteiger partial charge in [-0.1, -0.05) is 6.07 Å². The van der Waals surface area contributed by atoms with Crippen molar-refractivity contribution >= 4 is 34.2 Å². The SMILES string of the molecule is CO[C@@H]1CC(=O)c2c(cc3c(c2O)COC(C)(O)C3)[C@@H]1O.CO[C@@H]1CC(=O)c2c(cc3c(c2O)COC(C)=C3)[C@@H]1O.CO[C@@H]1CC(=O)c2c(cc3cc(C)ncc3c2O)[C@@H]1O. The molecule has 7 N–H and O–H groups in total. The van der Waals surface area contributed by atoms with Gasteiger partial charge in [0.05, 0.1) is 47.4 Å². The lowest BCUT2D eigenvalue weighted by molar-refractivity contribution is -0.204. The summed E-state index contributed by atoms with van der Waals surface area (Å²) in [7, 11) is 4.35. The van der Waals surface area contributed by atoms with Crippen LogP contribution in [0.4, 0.5) is 0 Å². The summed E-state index contributed by atoms with van der Waals surface area (Å²) in [6, 6.07) is 6.94. The summed E-state index contributed by atoms with van der Waals surface area (Å²) in [5, 5.41) is 73.1. The van der Waals surface area contributed by atoms with E-state index >= 15 is 0 Å². The fraction of sp³-hybridized carbons (Fsp3) is 0.422. The highest BCUT2D eigenvalue weighted by Gasteiger charge is 2.40. The standard InChI is InChI=1S/C15H15NO4.C15H18O6.C15H16O5/c1-7-3-8-4-9-13(15(19)10(8)6-16-7)11(17)5-12(20-2)14(9)18;1-15(19)5-7-3-8-12(14(18)9(7)6-21-15)10(16)4-11(20-2)13(8)17;1-7-3-8-4-9-13(15(18)10(8)6-20-7)11(16)5-12(19-2)14(9)17/h3-4,6,12,14,18-19H,5H2,1-2H3;3,11,13,17-19H,4-6H2,1-2H3;3-4,12,14,17-18H,5-6H2,1-2H3/t12-,14+;11-,13+,15?;12-,14+/m111/s1. The van der Waals surface area contributed by atoms with Crippen LogP contribution < -0.4 is 0 Å². The number of nitrogens with zero attached hydrogens (tertiary/aromatic N) is 1. The van der Waals surface area contributed by atoms with Gasteiger partial charge in [0.1, 0.15) is 42.2 Å². The summed E-state index contributed by atoms with van der Waals surface area (Å²) >= 11 is 0. The van der Waals surface area contributed by atoms with Crippen molar-refractivity contribution in [1.29, 1.82) is 0 Å². The zero-order valence-corrected chi connectivity index (χ0v) is 34.5. The zero-order valence-electron chi connectivity index (χ0n) is 34.5. The molecule has 0 saturated heterocycles. The van der Waals surface area contributed by atoms with Gasteiger partial charge in [-0.25, -0.2) is 0 Å². The number of aromatic hydroxyl groups is 3. The molecule has 0 bridgehead atoms. The highest BCUT2D eigenvalue weighted by Crippen LogP contribution is 2.45. The van der Waals surface area contributed by atoms with E-state index in [4.69, 9.17) is 23.7 Å². The monoisotopic (exact) mass is 843 g/mol. The number of rotatable bonds is 3. The van der Waals surface area contributed by atoms with Gasteiger partial charge in [0.15, 0.2) is 23.1 Å². The van der Waals surface area contributed by atoms with Crippen molar-refractivity contribution in [2.45, 2.75) is 102 Å². The van der Waals surface area contributed by atoms with Gasteiger partial charge in [0.25, 0.3) is 0 Å². The summed E-state index contributed by atoms with van der Waals surface area (Å²) < 4.78 is 26.1. The van der Waals surface area contributed by atoms with Crippen LogP contribution >= 0.6 is 0 Å². The van der Waals surface area contributed by atoms with Gasteiger partial charge in [0, 0.05) is 75.4 Å². The molecule has 0 saturated carbocycles. The third-order valence-electron chi connectivity index (χ3n) is 11.9. The van der Waals surface area contributed by atoms with Crippen molar-refractivity contribution in [3.63, 3.8) is 0 Å². The predicted octanol–water partition coefficient (Wildman–Crippen LogP) is 4.61. The summed E-state index contributed by atoms with van der Waals surface area (Å²) in [6.45, 7) is 5.45. The molecule has 4 aromatic rings. The number of aryl methyl sites for hydroxylation is 1. The number of phenols is 3. The van der Waals surface area contributed by atoms with Gasteiger partial charge in [-0.15, -0.1) is 0 Å². The van der Waals surface area contributed by atoms with Crippen LogP contribution in [0.3, 0.4) is 0 Å². The maximum Gasteiger partial charge on any atom is 0.169 e. The quantitative estimate of drug-likeness (QED) is 0.149. The molecular formula is C45H49NO15. The molecule has 16 nitrogen and oxygen atoms in total. The van der Waals surface area contributed by atoms with Crippen LogP contribution in [0.5, 0.6) is 17.2 Å². The Balaban J connectivity index is 0.000000138. The van der Waals surface area contributed by atoms with Crippen LogP contribution in [0, 0.1) is 6.92 Å². The van der Waals surface area contributed by atoms with E-state index < -0.39 is 42.4 Å². The minimum absolute atomic E-state index is 0.0234. The van der Waals surface area contributed by atoms with Gasteiger partial charge in [0.2, 0.25) is 0 Å². The third kappa shape index (κ3) is 8.01. The average Bonchev–Trinajstić information content (AvgIpc) is 3.21. The topological polar surface area (TPSA) is 252 Å². The maximum atomic E-state index is 12.2. The Labute approximate surface area is 350 Å². The average molecular weight is 844 g/mol. The molecule has 9 rings (SSSR count). The van der Waals surface area contributed by atoms with Crippen LogP contribution in [-0.4, -0.2) is 104 Å². The van der Waals surface area contributed by atoms with Gasteiger partial charge in [-0.3, -0.25) is 19.4 Å². The van der Waals surface area contributed by atoms with Crippen molar-refractivity contribution in [3.8, 4) is 17.2 Å². The molecule has 7 atom stereocenters. The molecule has 3 aliphatic carbocycles. The number of ether oxygens (including phenoxy) is 5. The number of phenolic OH excluding ortho intramolecular Hbond substituents is 3. The number of fused-ring (bicyclic) bond motifs is 6. The van der Waals surface area contributed by atoms with Gasteiger partial charge in [-0.2, -0.15) is 0 Å². The maximum absolute atomic E-state index is 12.2. The Kier molecular flexibility index (Phi) is 12.1. The van der Waals surface area contributed by atoms with E-state index in [1.165, 1.54) is 28.3 Å². The Morgan fingerprint density at radius 3 is 1.72 bits per heavy atom. The Bertz CT molecular complexity index is 2470. The number of ketones is 3. The van der Waals surface area contributed by atoms with Crippen LogP contribution in [0.2, 0.25) is 0 Å². The largest absolute Gasteiger partial charge is 0.507 e. The van der Waals surface area contributed by atoms with Crippen molar-refractivity contribution < 1.29 is 73.8 Å². The van der Waals surface area contributed by atoms with E-state index in [1.807, 2.05) is 19.9 Å². The molecule has 2 aliphatic heterocycles. The second-order valence-corrected chi connectivity index (χ2v) is 16.0. The van der Waals surface area contributed by atoms with Crippen molar-refractivity contribution in [2.24, 2.45) is 0 Å². The highest BCUT2D eigenvalue weighted by molar-refractivity contribution is 6.07. The van der Waals surface area contributed by atoms with E-state index in [1.54, 1.807) is 30.5 Å². The lowest BCUT2D eigenvalue weighted by Gasteiger charge is -2.34. The molecule has 5 aliphatic rings. The smallest absolute Gasteiger partial charge is 0.169 e. The number of carbonyl (C=O) groups excluding carboxylic acids is 3. The number of hydrogen-bond acceptors (Lipinski definition) is 16. The Morgan fingerprint density at radius 1 is 0.689 bits per heavy atom. The highest BCUT2D eigenvalue weighted by atomic mass is 16.6. The van der Waals surface area contributed by atoms with Gasteiger partial charge < -0.3 is 59.4 Å². The number of aliphatic hydroxyl groups is 4. The van der Waals surface area contributed by atoms with Crippen molar-refractivity contribution in [2.75, 3.05) is 21.3 Å². The number of pyridine rings is 1. The summed E-state index contributed by atoms with van der Waals surface area (Å²) in [6.07, 6.45) is -0.930. The molecule has 0 spiro atoms. The molecule has 3 aromatic carbocycles. The van der Waals surface area contributed by atoms with Gasteiger partial charge >= 0.3 is 0 Å². The van der Waals surface area contributed by atoms with Crippen molar-refractivity contribution in [3.05, 3.63) is 97.5 Å². The first-order valence-electron chi connectivity index (χ1n) is 19.7. The first-order chi connectivity index (χ1) is 28.9. The Hall–Kier alpha value is -5.30. The fourth-order valence-corrected chi connectivity index (χ4v) is 8.63. The molecule has 1 unspecified atom stereocenters. The van der Waals surface area contributed by atoms with E-state index in [9.17, 15) is 50.1 Å². The third-order valence-corrected chi connectivity index (χ3v) is 11.9. The molecule has 61 heavy (non-hydrogen) atoms. The van der Waals surface area contributed by atoms with Crippen molar-refractivity contribution in [1.82, 2.24) is 4.98 Å². The summed E-state index contributed by atoms with van der Waals surface area (Å²) in [5.74, 6) is -1.64. The second-order valence-electron chi connectivity index (χ2n) is 16.0. The van der Waals surface area contributed by atoms with Gasteiger partial charge in [-0.05, 0) is 78.2 Å². The molecule has 3 heterocycles. The number of allylic oxidation sites excluding steroid dienone is 1. The number of aromatic nitrogens is 1. The summed E-state index contributed by atoms with van der Waals surface area (Å²) in [5.41, 5.74) is 5.05. The molecule has 0 fully saturated rings. The molecule has 1 aromatic heterocycles. The zero-order chi connectivity index (χ0) is 44.2. The number of aliphatic hydroxyl groups excluding tert-OH is 3. The number of hydrogen-bond donors (Lipinski definition) is 7. The fourth-order valence-electron chi connectivity index (χ4n) is 8.63. The van der Waals surface area contributed by atoms with Crippen LogP contribution in [0.1, 0.15) is 127 Å². The van der Waals surface area contributed by atoms with E-state index in [0.717, 1.165) is 22.4 Å². The number of Topliss-reactive ketones (excluding diaryl/α,β-unsaturated/α-hetero) is 3. The lowest BCUT2D eigenvalue weighted by atomic mass is 9.81. The summed E-state index contributed by atoms with van der Waals surface area (Å²) in [4.78, 5) is 40.7. The van der Waals surface area contributed by atoms with E-state index in [2.05, 4.69) is 4.98 Å². The molecular weight excluding hydrogens is 794 g/mol. The number of carbonyl (C=O) groups is 3. The second kappa shape index (κ2) is 16.9. The minimum atomic E-state index is -1.32. The van der Waals surface area contributed by atoms with Crippen LogP contribution in [0.25, 0.3) is 16.8 Å². The van der Waals surface area contributed by atoms with E-state index in [-0.39, 0.29) is 90.2 Å². The first kappa shape index (κ1) is 43.8. The Morgan fingerprint density at radius 2 is 1.18 bits per heavy atom. The molecule has 324 valence electrons. The first-order valence-corrected chi connectivity index (χ1v) is 19.7. The predicted molar refractivity (Wildman–Crippen MR) is 216 cm³/mol. The molecule has 0 radical (unpaired) electrons. The van der Waals surface area contributed by atoms with Crippen LogP contribution in [0.15, 0.2) is 36.2 Å². The normalized spacial score (nSPS) is 26.2. The minimum Gasteiger partial charge on any atom is -0.507 e. The van der Waals surface area contributed by atoms with Crippen LogP contribution in [-0.2, 0) is 43.3 Å².